The Labute approximate surface area is 161 Å². The van der Waals surface area contributed by atoms with Gasteiger partial charge in [0.05, 0.1) is 4.88 Å². The van der Waals surface area contributed by atoms with Gasteiger partial charge in [-0.2, -0.15) is 5.10 Å². The molecule has 0 aliphatic heterocycles. The Bertz CT molecular complexity index is 932. The lowest BCUT2D eigenvalue weighted by Crippen LogP contribution is -2.24. The molecule has 7 nitrogen and oxygen atoms in total. The van der Waals surface area contributed by atoms with Crippen molar-refractivity contribution in [1.82, 2.24) is 14.8 Å². The van der Waals surface area contributed by atoms with Crippen molar-refractivity contribution in [3.63, 3.8) is 0 Å². The summed E-state index contributed by atoms with van der Waals surface area (Å²) < 4.78 is 1.48. The lowest BCUT2D eigenvalue weighted by atomic mass is 10.2. The van der Waals surface area contributed by atoms with Gasteiger partial charge >= 0.3 is 0 Å². The third-order valence-electron chi connectivity index (χ3n) is 4.19. The fourth-order valence-electron chi connectivity index (χ4n) is 2.60. The number of aryl methyl sites for hydroxylation is 2. The molecule has 1 atom stereocenters. The van der Waals surface area contributed by atoms with E-state index in [1.165, 1.54) is 33.6 Å². The van der Waals surface area contributed by atoms with Crippen molar-refractivity contribution < 1.29 is 9.59 Å². The second-order valence-corrected chi connectivity index (χ2v) is 7.28. The maximum absolute atomic E-state index is 12.4. The van der Waals surface area contributed by atoms with Crippen LogP contribution in [0.15, 0.2) is 43.0 Å². The molecular weight excluding hydrogens is 362 g/mol. The molecule has 3 rings (SSSR count). The van der Waals surface area contributed by atoms with E-state index in [-0.39, 0.29) is 11.8 Å². The molecule has 0 aliphatic carbocycles. The van der Waals surface area contributed by atoms with E-state index in [1.54, 1.807) is 31.2 Å². The van der Waals surface area contributed by atoms with E-state index in [0.29, 0.717) is 16.3 Å². The molecule has 8 heteroatoms. The fourth-order valence-corrected chi connectivity index (χ4v) is 3.61. The normalized spacial score (nSPS) is 11.8. The van der Waals surface area contributed by atoms with Crippen LogP contribution in [0.3, 0.4) is 0 Å². The van der Waals surface area contributed by atoms with E-state index in [0.717, 1.165) is 12.0 Å². The van der Waals surface area contributed by atoms with Gasteiger partial charge < -0.3 is 10.6 Å². The van der Waals surface area contributed by atoms with Crippen LogP contribution in [0.25, 0.3) is 0 Å². The first-order chi connectivity index (χ1) is 13.0. The monoisotopic (exact) mass is 383 g/mol. The minimum Gasteiger partial charge on any atom is -0.324 e. The van der Waals surface area contributed by atoms with Crippen molar-refractivity contribution in [2.45, 2.75) is 33.2 Å². The predicted octanol–water partition coefficient (Wildman–Crippen LogP) is 3.66. The van der Waals surface area contributed by atoms with Crippen LogP contribution >= 0.6 is 11.3 Å². The molecule has 0 radical (unpaired) electrons. The van der Waals surface area contributed by atoms with Gasteiger partial charge in [-0.1, -0.05) is 6.92 Å². The van der Waals surface area contributed by atoms with Gasteiger partial charge in [-0.25, -0.2) is 9.67 Å². The topological polar surface area (TPSA) is 88.9 Å². The molecular formula is C19H21N5O2S. The summed E-state index contributed by atoms with van der Waals surface area (Å²) in [4.78, 5) is 30.4. The highest BCUT2D eigenvalue weighted by molar-refractivity contribution is 7.14. The Morgan fingerprint density at radius 2 is 1.85 bits per heavy atom. The average Bonchev–Trinajstić information content (AvgIpc) is 3.32. The van der Waals surface area contributed by atoms with Crippen LogP contribution in [0, 0.1) is 6.92 Å². The summed E-state index contributed by atoms with van der Waals surface area (Å²) >= 11 is 1.52. The molecule has 3 aromatic rings. The van der Waals surface area contributed by atoms with Crippen molar-refractivity contribution in [1.29, 1.82) is 0 Å². The second-order valence-electron chi connectivity index (χ2n) is 6.14. The number of hydrogen-bond acceptors (Lipinski definition) is 5. The molecule has 0 unspecified atom stereocenters. The standard InChI is InChI=1S/C19H21N5O2S/c1-4-16-12(2)9-17(27-16)19(26)23-15-7-5-14(6-8-15)22-18(25)13(3)24-11-20-10-21-24/h5-11,13H,4H2,1-3H3,(H,22,25)(H,23,26)/t13-/m1/s1. The van der Waals surface area contributed by atoms with Crippen LogP contribution in [0.4, 0.5) is 11.4 Å². The maximum atomic E-state index is 12.4. The molecule has 2 heterocycles. The fraction of sp³-hybridized carbons (Fsp3) is 0.263. The number of carbonyl (C=O) groups excluding carboxylic acids is 2. The lowest BCUT2D eigenvalue weighted by molar-refractivity contribution is -0.119. The van der Waals surface area contributed by atoms with Gasteiger partial charge in [-0.05, 0) is 56.2 Å². The molecule has 2 aromatic heterocycles. The largest absolute Gasteiger partial charge is 0.324 e. The van der Waals surface area contributed by atoms with E-state index in [1.807, 2.05) is 13.0 Å². The quantitative estimate of drug-likeness (QED) is 0.680. The van der Waals surface area contributed by atoms with Crippen molar-refractivity contribution in [2.24, 2.45) is 0 Å². The number of nitrogens with zero attached hydrogens (tertiary/aromatic N) is 3. The Morgan fingerprint density at radius 3 is 2.41 bits per heavy atom. The molecule has 140 valence electrons. The smallest absolute Gasteiger partial charge is 0.265 e. The Kier molecular flexibility index (Phi) is 5.66. The van der Waals surface area contributed by atoms with Crippen LogP contribution in [0.1, 0.15) is 40.0 Å². The van der Waals surface area contributed by atoms with Gasteiger partial charge in [0, 0.05) is 16.3 Å². The lowest BCUT2D eigenvalue weighted by Gasteiger charge is -2.12. The average molecular weight is 383 g/mol. The third kappa shape index (κ3) is 4.40. The summed E-state index contributed by atoms with van der Waals surface area (Å²) in [6, 6.07) is 8.46. The van der Waals surface area contributed by atoms with Gasteiger partial charge in [-0.3, -0.25) is 9.59 Å². The highest BCUT2D eigenvalue weighted by Gasteiger charge is 2.16. The number of anilines is 2. The molecule has 0 bridgehead atoms. The number of aromatic nitrogens is 3. The summed E-state index contributed by atoms with van der Waals surface area (Å²) in [5.41, 5.74) is 2.46. The summed E-state index contributed by atoms with van der Waals surface area (Å²) in [5.74, 6) is -0.321. The number of amides is 2. The van der Waals surface area contributed by atoms with Crippen LogP contribution in [0.5, 0.6) is 0 Å². The molecule has 2 amide bonds. The van der Waals surface area contributed by atoms with Crippen molar-refractivity contribution in [3.8, 4) is 0 Å². The van der Waals surface area contributed by atoms with Gasteiger partial charge in [-0.15, -0.1) is 11.3 Å². The summed E-state index contributed by atoms with van der Waals surface area (Å²) in [5, 5.41) is 9.67. The molecule has 2 N–H and O–H groups in total. The first-order valence-corrected chi connectivity index (χ1v) is 9.45. The minimum absolute atomic E-state index is 0.126. The first kappa shape index (κ1) is 18.8. The van der Waals surface area contributed by atoms with E-state index in [2.05, 4.69) is 27.6 Å². The SMILES string of the molecule is CCc1sc(C(=O)Nc2ccc(NC(=O)[C@@H](C)n3cncn3)cc2)cc1C. The summed E-state index contributed by atoms with van der Waals surface area (Å²) in [6.45, 7) is 5.84. The van der Waals surface area contributed by atoms with Crippen LogP contribution in [-0.4, -0.2) is 26.6 Å². The third-order valence-corrected chi connectivity index (χ3v) is 5.57. The maximum Gasteiger partial charge on any atom is 0.265 e. The Hall–Kier alpha value is -3.00. The number of carbonyl (C=O) groups is 2. The van der Waals surface area contributed by atoms with Crippen molar-refractivity contribution in [3.05, 3.63) is 58.3 Å². The molecule has 0 fully saturated rings. The van der Waals surface area contributed by atoms with E-state index >= 15 is 0 Å². The Balaban J connectivity index is 1.61. The van der Waals surface area contributed by atoms with Crippen molar-refractivity contribution in [2.75, 3.05) is 10.6 Å². The van der Waals surface area contributed by atoms with Gasteiger partial charge in [0.1, 0.15) is 18.7 Å². The number of thiophene rings is 1. The molecule has 0 saturated carbocycles. The zero-order chi connectivity index (χ0) is 19.4. The van der Waals surface area contributed by atoms with Crippen LogP contribution in [0.2, 0.25) is 0 Å². The van der Waals surface area contributed by atoms with Gasteiger partial charge in [0.25, 0.3) is 5.91 Å². The zero-order valence-corrected chi connectivity index (χ0v) is 16.2. The molecule has 0 aliphatic rings. The number of hydrogen-bond donors (Lipinski definition) is 2. The Morgan fingerprint density at radius 1 is 1.19 bits per heavy atom. The first-order valence-electron chi connectivity index (χ1n) is 8.63. The van der Waals surface area contributed by atoms with E-state index in [4.69, 9.17) is 0 Å². The highest BCUT2D eigenvalue weighted by atomic mass is 32.1. The highest BCUT2D eigenvalue weighted by Crippen LogP contribution is 2.24. The van der Waals surface area contributed by atoms with Gasteiger partial charge in [0.2, 0.25) is 5.91 Å². The van der Waals surface area contributed by atoms with E-state index < -0.39 is 6.04 Å². The summed E-state index contributed by atoms with van der Waals surface area (Å²) in [6.07, 6.45) is 3.81. The number of nitrogens with one attached hydrogen (secondary N) is 2. The minimum atomic E-state index is -0.471. The second kappa shape index (κ2) is 8.13. The molecule has 0 saturated heterocycles. The molecule has 27 heavy (non-hydrogen) atoms. The van der Waals surface area contributed by atoms with Crippen LogP contribution in [-0.2, 0) is 11.2 Å². The van der Waals surface area contributed by atoms with E-state index in [9.17, 15) is 9.59 Å². The van der Waals surface area contributed by atoms with Crippen molar-refractivity contribution >= 4 is 34.5 Å². The number of rotatable bonds is 6. The molecule has 0 spiro atoms. The van der Waals surface area contributed by atoms with Crippen LogP contribution < -0.4 is 10.6 Å². The number of benzene rings is 1. The summed E-state index contributed by atoms with van der Waals surface area (Å²) in [7, 11) is 0. The van der Waals surface area contributed by atoms with Gasteiger partial charge in [0.15, 0.2) is 0 Å². The predicted molar refractivity (Wildman–Crippen MR) is 106 cm³/mol. The molecule has 1 aromatic carbocycles. The zero-order valence-electron chi connectivity index (χ0n) is 15.4.